The molecule has 0 unspecified atom stereocenters. The van der Waals surface area contributed by atoms with Crippen LogP contribution in [0.4, 0.5) is 0 Å². The minimum atomic E-state index is -1.14. The molecule has 0 spiro atoms. The van der Waals surface area contributed by atoms with E-state index < -0.39 is 11.9 Å². The predicted octanol–water partition coefficient (Wildman–Crippen LogP) is 11.2. The summed E-state index contributed by atoms with van der Waals surface area (Å²) in [4.78, 5) is 26.2. The Kier molecular flexibility index (Phi) is 10.00. The van der Waals surface area contributed by atoms with Gasteiger partial charge in [-0.3, -0.25) is 0 Å². The molecule has 0 fully saturated rings. The van der Waals surface area contributed by atoms with Crippen LogP contribution in [0.25, 0.3) is 22.3 Å². The van der Waals surface area contributed by atoms with Crippen molar-refractivity contribution in [1.29, 1.82) is 0 Å². The van der Waals surface area contributed by atoms with E-state index in [9.17, 15) is 19.8 Å². The normalized spacial score (nSPS) is 12.8. The lowest BCUT2D eigenvalue weighted by atomic mass is 9.71. The summed E-state index contributed by atoms with van der Waals surface area (Å²) in [5.74, 6) is -2.27. The van der Waals surface area contributed by atoms with Gasteiger partial charge in [0.15, 0.2) is 0 Å². The molecule has 0 saturated carbocycles. The first-order chi connectivity index (χ1) is 20.3. The predicted molar refractivity (Wildman–Crippen MR) is 185 cm³/mol. The van der Waals surface area contributed by atoms with E-state index in [4.69, 9.17) is 0 Å². The number of carbonyl (C=O) groups is 2. The summed E-state index contributed by atoms with van der Waals surface area (Å²) in [7, 11) is 0. The molecule has 0 atom stereocenters. The highest BCUT2D eigenvalue weighted by Gasteiger charge is 2.33. The van der Waals surface area contributed by atoms with Crippen molar-refractivity contribution in [3.8, 4) is 22.3 Å². The Labute approximate surface area is 265 Å². The second-order valence-corrected chi connectivity index (χ2v) is 15.0. The first-order valence-corrected chi connectivity index (χ1v) is 16.2. The standard InChI is InChI=1S/C40H54O4/c1-13-37(5,6)25-17-19-27(31(23-25)39(9,10)15-3)28-21-22-30(35(41)42)33(34(28)36(43)44)29-20-18-26(38(7,8)14-2)24-32(29)40(11,12)16-4/h17-24H,13-16H2,1-12H3,(H,41,42)(H,43,44). The average Bonchev–Trinajstić information content (AvgIpc) is 2.99. The van der Waals surface area contributed by atoms with Crippen LogP contribution in [-0.4, -0.2) is 22.2 Å². The van der Waals surface area contributed by atoms with Crippen LogP contribution < -0.4 is 0 Å². The van der Waals surface area contributed by atoms with Crippen LogP contribution in [0.2, 0.25) is 0 Å². The maximum atomic E-state index is 13.4. The van der Waals surface area contributed by atoms with Gasteiger partial charge in [0.2, 0.25) is 0 Å². The van der Waals surface area contributed by atoms with Crippen LogP contribution in [0.3, 0.4) is 0 Å². The van der Waals surface area contributed by atoms with Crippen molar-refractivity contribution in [2.24, 2.45) is 0 Å². The summed E-state index contributed by atoms with van der Waals surface area (Å²) in [5, 5.41) is 21.4. The zero-order valence-corrected chi connectivity index (χ0v) is 29.2. The third kappa shape index (κ3) is 6.50. The Hall–Kier alpha value is -3.40. The maximum absolute atomic E-state index is 13.4. The Balaban J connectivity index is 2.58. The fourth-order valence-electron chi connectivity index (χ4n) is 5.80. The molecule has 0 aliphatic heterocycles. The Morgan fingerprint density at radius 3 is 1.30 bits per heavy atom. The topological polar surface area (TPSA) is 74.6 Å². The van der Waals surface area contributed by atoms with Gasteiger partial charge in [-0.25, -0.2) is 9.59 Å². The Morgan fingerprint density at radius 1 is 0.523 bits per heavy atom. The van der Waals surface area contributed by atoms with Crippen molar-refractivity contribution in [2.45, 2.75) is 130 Å². The quantitative estimate of drug-likeness (QED) is 0.217. The summed E-state index contributed by atoms with van der Waals surface area (Å²) in [6.45, 7) is 26.2. The van der Waals surface area contributed by atoms with Gasteiger partial charge in [-0.1, -0.05) is 126 Å². The zero-order chi connectivity index (χ0) is 33.4. The van der Waals surface area contributed by atoms with Crippen molar-refractivity contribution >= 4 is 11.9 Å². The van der Waals surface area contributed by atoms with Crippen LogP contribution in [0.5, 0.6) is 0 Å². The van der Waals surface area contributed by atoms with Crippen LogP contribution in [0.1, 0.15) is 152 Å². The van der Waals surface area contributed by atoms with Gasteiger partial charge < -0.3 is 10.2 Å². The van der Waals surface area contributed by atoms with Crippen molar-refractivity contribution in [2.75, 3.05) is 0 Å². The molecule has 238 valence electrons. The minimum absolute atomic E-state index is 0.00171. The highest BCUT2D eigenvalue weighted by atomic mass is 16.4. The number of rotatable bonds is 12. The second kappa shape index (κ2) is 12.5. The van der Waals surface area contributed by atoms with Gasteiger partial charge in [0.05, 0.1) is 11.1 Å². The molecule has 3 aromatic carbocycles. The van der Waals surface area contributed by atoms with Crippen molar-refractivity contribution in [3.63, 3.8) is 0 Å². The molecule has 4 nitrogen and oxygen atoms in total. The van der Waals surface area contributed by atoms with Crippen molar-refractivity contribution in [1.82, 2.24) is 0 Å². The highest BCUT2D eigenvalue weighted by Crippen LogP contribution is 2.46. The molecule has 0 saturated heterocycles. The molecule has 0 amide bonds. The Morgan fingerprint density at radius 2 is 0.909 bits per heavy atom. The van der Waals surface area contributed by atoms with E-state index in [2.05, 4.69) is 107 Å². The van der Waals surface area contributed by atoms with E-state index >= 15 is 0 Å². The van der Waals surface area contributed by atoms with E-state index in [0.717, 1.165) is 47.9 Å². The summed E-state index contributed by atoms with van der Waals surface area (Å²) >= 11 is 0. The van der Waals surface area contributed by atoms with Gasteiger partial charge in [-0.2, -0.15) is 0 Å². The van der Waals surface area contributed by atoms with E-state index in [0.29, 0.717) is 11.1 Å². The van der Waals surface area contributed by atoms with Crippen LogP contribution >= 0.6 is 0 Å². The van der Waals surface area contributed by atoms with Gasteiger partial charge in [-0.05, 0) is 92.4 Å². The molecule has 44 heavy (non-hydrogen) atoms. The van der Waals surface area contributed by atoms with Crippen LogP contribution in [0, 0.1) is 0 Å². The third-order valence-electron chi connectivity index (χ3n) is 10.8. The number of carboxylic acid groups (broad SMARTS) is 2. The fourth-order valence-corrected chi connectivity index (χ4v) is 5.80. The summed E-state index contributed by atoms with van der Waals surface area (Å²) in [5.41, 5.74) is 6.10. The van der Waals surface area contributed by atoms with Crippen LogP contribution in [-0.2, 0) is 21.7 Å². The van der Waals surface area contributed by atoms with Gasteiger partial charge in [0, 0.05) is 5.56 Å². The lowest BCUT2D eigenvalue weighted by Crippen LogP contribution is -2.22. The number of aromatic carboxylic acids is 2. The van der Waals surface area contributed by atoms with Gasteiger partial charge >= 0.3 is 11.9 Å². The van der Waals surface area contributed by atoms with Gasteiger partial charge in [0.25, 0.3) is 0 Å². The molecule has 0 bridgehead atoms. The van der Waals surface area contributed by atoms with Gasteiger partial charge in [0.1, 0.15) is 0 Å². The van der Waals surface area contributed by atoms with Gasteiger partial charge in [-0.15, -0.1) is 0 Å². The minimum Gasteiger partial charge on any atom is -0.478 e. The second-order valence-electron chi connectivity index (χ2n) is 15.0. The molecule has 0 radical (unpaired) electrons. The lowest BCUT2D eigenvalue weighted by Gasteiger charge is -2.33. The molecular formula is C40H54O4. The summed E-state index contributed by atoms with van der Waals surface area (Å²) in [6.07, 6.45) is 3.58. The molecular weight excluding hydrogens is 544 g/mol. The number of benzene rings is 3. The number of hydrogen-bond donors (Lipinski definition) is 2. The highest BCUT2D eigenvalue weighted by molar-refractivity contribution is 6.10. The maximum Gasteiger partial charge on any atom is 0.336 e. The molecule has 3 aromatic rings. The lowest BCUT2D eigenvalue weighted by molar-refractivity contribution is 0.0696. The molecule has 3 rings (SSSR count). The van der Waals surface area contributed by atoms with Crippen LogP contribution in [0.15, 0.2) is 48.5 Å². The number of hydrogen-bond acceptors (Lipinski definition) is 2. The monoisotopic (exact) mass is 598 g/mol. The first kappa shape index (κ1) is 35.1. The first-order valence-electron chi connectivity index (χ1n) is 16.2. The van der Waals surface area contributed by atoms with E-state index in [-0.39, 0.29) is 38.4 Å². The zero-order valence-electron chi connectivity index (χ0n) is 29.2. The molecule has 4 heteroatoms. The van der Waals surface area contributed by atoms with Crippen molar-refractivity contribution < 1.29 is 19.8 Å². The largest absolute Gasteiger partial charge is 0.478 e. The third-order valence-corrected chi connectivity index (χ3v) is 10.8. The van der Waals surface area contributed by atoms with Crippen molar-refractivity contribution in [3.05, 3.63) is 81.9 Å². The SMILES string of the molecule is CCC(C)(C)c1ccc(-c2ccc(C(=O)O)c(-c3ccc(C(C)(C)CC)cc3C(C)(C)CC)c2C(=O)O)c(C(C)(C)CC)c1. The molecule has 0 aliphatic carbocycles. The average molecular weight is 599 g/mol. The molecule has 0 aromatic heterocycles. The van der Waals surface area contributed by atoms with E-state index in [1.54, 1.807) is 12.1 Å². The molecule has 0 heterocycles. The summed E-state index contributed by atoms with van der Waals surface area (Å²) in [6, 6.07) is 15.9. The van der Waals surface area contributed by atoms with E-state index in [1.807, 2.05) is 12.1 Å². The molecule has 2 N–H and O–H groups in total. The van der Waals surface area contributed by atoms with E-state index in [1.165, 1.54) is 5.56 Å². The molecule has 0 aliphatic rings. The Bertz CT molecular complexity index is 1550. The smallest absolute Gasteiger partial charge is 0.336 e. The fraction of sp³-hybridized carbons (Fsp3) is 0.500. The number of carboxylic acids is 2. The summed E-state index contributed by atoms with van der Waals surface area (Å²) < 4.78 is 0.